The number of nitrogens with zero attached hydrogens (tertiary/aromatic N) is 1. The third-order valence-electron chi connectivity index (χ3n) is 3.93. The highest BCUT2D eigenvalue weighted by atomic mass is 16.5. The van der Waals surface area contributed by atoms with Crippen LogP contribution < -0.4 is 5.32 Å². The minimum atomic E-state index is 0.582. The van der Waals surface area contributed by atoms with Gasteiger partial charge in [0.15, 0.2) is 0 Å². The first kappa shape index (κ1) is 14.6. The van der Waals surface area contributed by atoms with Crippen LogP contribution in [0, 0.1) is 0 Å². The van der Waals surface area contributed by atoms with Crippen molar-refractivity contribution in [3.63, 3.8) is 0 Å². The number of piperidine rings is 1. The maximum atomic E-state index is 5.56. The Balaban J connectivity index is 1.48. The zero-order chi connectivity index (χ0) is 13.5. The summed E-state index contributed by atoms with van der Waals surface area (Å²) in [5, 5.41) is 3.64. The van der Waals surface area contributed by atoms with Gasteiger partial charge in [-0.2, -0.15) is 0 Å². The molecule has 0 bridgehead atoms. The first-order valence-electron chi connectivity index (χ1n) is 7.29. The highest BCUT2D eigenvalue weighted by Gasteiger charge is 2.21. The van der Waals surface area contributed by atoms with E-state index in [0.29, 0.717) is 18.7 Å². The van der Waals surface area contributed by atoms with Crippen molar-refractivity contribution in [1.29, 1.82) is 0 Å². The largest absolute Gasteiger partial charge is 0.467 e. The lowest BCUT2D eigenvalue weighted by atomic mass is 9.99. The molecule has 2 unspecified atom stereocenters. The quantitative estimate of drug-likeness (QED) is 0.768. The molecule has 2 heterocycles. The number of ether oxygens (including phenoxy) is 1. The Kier molecular flexibility index (Phi) is 5.89. The smallest absolute Gasteiger partial charge is 0.129 e. The van der Waals surface area contributed by atoms with Crippen molar-refractivity contribution in [3.05, 3.63) is 24.2 Å². The Morgan fingerprint density at radius 1 is 1.53 bits per heavy atom. The van der Waals surface area contributed by atoms with Crippen molar-refractivity contribution < 1.29 is 9.15 Å². The fourth-order valence-corrected chi connectivity index (χ4v) is 2.52. The van der Waals surface area contributed by atoms with Crippen molar-refractivity contribution >= 4 is 0 Å². The Bertz CT molecular complexity index is 340. The molecule has 4 nitrogen and oxygen atoms in total. The fraction of sp³-hybridized carbons (Fsp3) is 0.733. The van der Waals surface area contributed by atoms with Gasteiger partial charge in [-0.1, -0.05) is 0 Å². The van der Waals surface area contributed by atoms with Crippen LogP contribution in [0.15, 0.2) is 22.8 Å². The minimum Gasteiger partial charge on any atom is -0.467 e. The fourth-order valence-electron chi connectivity index (χ4n) is 2.52. The molecule has 1 aromatic heterocycles. The molecule has 2 rings (SSSR count). The molecule has 1 aliphatic rings. The average Bonchev–Trinajstić information content (AvgIpc) is 2.91. The summed E-state index contributed by atoms with van der Waals surface area (Å²) < 4.78 is 10.8. The van der Waals surface area contributed by atoms with Gasteiger partial charge in [0.2, 0.25) is 0 Å². The molecular weight excluding hydrogens is 240 g/mol. The lowest BCUT2D eigenvalue weighted by Crippen LogP contribution is -2.45. The Labute approximate surface area is 116 Å². The van der Waals surface area contributed by atoms with E-state index in [4.69, 9.17) is 9.15 Å². The van der Waals surface area contributed by atoms with Crippen LogP contribution in [0.3, 0.4) is 0 Å². The van der Waals surface area contributed by atoms with Crippen LogP contribution in [0.25, 0.3) is 0 Å². The van der Waals surface area contributed by atoms with E-state index in [2.05, 4.69) is 24.2 Å². The van der Waals surface area contributed by atoms with E-state index in [1.807, 2.05) is 12.1 Å². The van der Waals surface area contributed by atoms with Crippen LogP contribution >= 0.6 is 0 Å². The normalized spacial score (nSPS) is 24.7. The summed E-state index contributed by atoms with van der Waals surface area (Å²) in [7, 11) is 2.21. The number of likely N-dealkylation sites (tertiary alicyclic amines) is 1. The molecule has 2 atom stereocenters. The lowest BCUT2D eigenvalue weighted by Gasteiger charge is -2.35. The molecule has 1 aliphatic heterocycles. The van der Waals surface area contributed by atoms with Gasteiger partial charge >= 0.3 is 0 Å². The summed E-state index contributed by atoms with van der Waals surface area (Å²) in [5.74, 6) is 0.900. The molecule has 0 radical (unpaired) electrons. The van der Waals surface area contributed by atoms with Crippen LogP contribution in [-0.2, 0) is 11.3 Å². The minimum absolute atomic E-state index is 0.582. The van der Waals surface area contributed by atoms with Gasteiger partial charge in [0.25, 0.3) is 0 Å². The van der Waals surface area contributed by atoms with Crippen LogP contribution in [0.4, 0.5) is 0 Å². The maximum absolute atomic E-state index is 5.56. The lowest BCUT2D eigenvalue weighted by molar-refractivity contribution is 0.102. The van der Waals surface area contributed by atoms with Crippen molar-refractivity contribution in [3.8, 4) is 0 Å². The van der Waals surface area contributed by atoms with E-state index in [9.17, 15) is 0 Å². The van der Waals surface area contributed by atoms with Gasteiger partial charge in [-0.15, -0.1) is 0 Å². The molecule has 0 saturated carbocycles. The first-order chi connectivity index (χ1) is 9.25. The predicted molar refractivity (Wildman–Crippen MR) is 76.1 cm³/mol. The standard InChI is InChI=1S/C15H26N2O2/c1-13-11-14(6-8-17(13)2)16-7-4-9-18-12-15-5-3-10-19-15/h3,5,10,13-14,16H,4,6-9,11-12H2,1-2H3. The molecule has 19 heavy (non-hydrogen) atoms. The van der Waals surface area contributed by atoms with E-state index in [-0.39, 0.29) is 0 Å². The molecule has 0 amide bonds. The van der Waals surface area contributed by atoms with Gasteiger partial charge in [-0.3, -0.25) is 0 Å². The predicted octanol–water partition coefficient (Wildman–Crippen LogP) is 2.26. The summed E-state index contributed by atoms with van der Waals surface area (Å²) in [5.41, 5.74) is 0. The second kappa shape index (κ2) is 7.68. The summed E-state index contributed by atoms with van der Waals surface area (Å²) in [6, 6.07) is 5.21. The molecule has 0 aromatic carbocycles. The van der Waals surface area contributed by atoms with Gasteiger partial charge in [0.1, 0.15) is 12.4 Å². The van der Waals surface area contributed by atoms with Crippen molar-refractivity contribution in [2.24, 2.45) is 0 Å². The van der Waals surface area contributed by atoms with Crippen LogP contribution in [0.2, 0.25) is 0 Å². The molecule has 0 aliphatic carbocycles. The van der Waals surface area contributed by atoms with Crippen molar-refractivity contribution in [2.45, 2.75) is 44.9 Å². The second-order valence-corrected chi connectivity index (χ2v) is 5.49. The molecule has 1 N–H and O–H groups in total. The SMILES string of the molecule is CC1CC(NCCCOCc2ccco2)CCN1C. The molecule has 108 valence electrons. The van der Waals surface area contributed by atoms with Crippen LogP contribution in [0.1, 0.15) is 31.9 Å². The molecular formula is C15H26N2O2. The summed E-state index contributed by atoms with van der Waals surface area (Å²) in [6.45, 7) is 5.92. The molecule has 4 heteroatoms. The number of rotatable bonds is 7. The maximum Gasteiger partial charge on any atom is 0.129 e. The van der Waals surface area contributed by atoms with Gasteiger partial charge in [-0.25, -0.2) is 0 Å². The van der Waals surface area contributed by atoms with Gasteiger partial charge in [0, 0.05) is 18.7 Å². The van der Waals surface area contributed by atoms with E-state index >= 15 is 0 Å². The third kappa shape index (κ3) is 4.97. The van der Waals surface area contributed by atoms with E-state index in [0.717, 1.165) is 25.3 Å². The van der Waals surface area contributed by atoms with Crippen LogP contribution in [0.5, 0.6) is 0 Å². The van der Waals surface area contributed by atoms with E-state index < -0.39 is 0 Å². The first-order valence-corrected chi connectivity index (χ1v) is 7.29. The highest BCUT2D eigenvalue weighted by molar-refractivity contribution is 4.95. The summed E-state index contributed by atoms with van der Waals surface area (Å²) >= 11 is 0. The summed E-state index contributed by atoms with van der Waals surface area (Å²) in [4.78, 5) is 2.44. The average molecular weight is 266 g/mol. The number of nitrogens with one attached hydrogen (secondary N) is 1. The Morgan fingerprint density at radius 3 is 3.16 bits per heavy atom. The zero-order valence-electron chi connectivity index (χ0n) is 12.1. The molecule has 1 fully saturated rings. The van der Waals surface area contributed by atoms with Gasteiger partial charge in [-0.05, 0) is 58.5 Å². The van der Waals surface area contributed by atoms with Gasteiger partial charge in [0.05, 0.1) is 6.26 Å². The van der Waals surface area contributed by atoms with Crippen molar-refractivity contribution in [2.75, 3.05) is 26.7 Å². The Hall–Kier alpha value is -0.840. The van der Waals surface area contributed by atoms with Crippen molar-refractivity contribution in [1.82, 2.24) is 10.2 Å². The number of furan rings is 1. The van der Waals surface area contributed by atoms with Gasteiger partial charge < -0.3 is 19.4 Å². The zero-order valence-corrected chi connectivity index (χ0v) is 12.1. The number of hydrogen-bond donors (Lipinski definition) is 1. The number of hydrogen-bond acceptors (Lipinski definition) is 4. The Morgan fingerprint density at radius 2 is 2.42 bits per heavy atom. The highest BCUT2D eigenvalue weighted by Crippen LogP contribution is 2.15. The summed E-state index contributed by atoms with van der Waals surface area (Å²) in [6.07, 6.45) is 5.25. The van der Waals surface area contributed by atoms with E-state index in [1.165, 1.54) is 19.4 Å². The second-order valence-electron chi connectivity index (χ2n) is 5.49. The molecule has 1 saturated heterocycles. The topological polar surface area (TPSA) is 37.6 Å². The molecule has 1 aromatic rings. The monoisotopic (exact) mass is 266 g/mol. The third-order valence-corrected chi connectivity index (χ3v) is 3.93. The van der Waals surface area contributed by atoms with E-state index in [1.54, 1.807) is 6.26 Å². The van der Waals surface area contributed by atoms with Crippen LogP contribution in [-0.4, -0.2) is 43.7 Å². The molecule has 0 spiro atoms.